The van der Waals surface area contributed by atoms with Crippen molar-refractivity contribution in [3.8, 4) is 0 Å². The van der Waals surface area contributed by atoms with Crippen LogP contribution in [0.4, 0.5) is 5.82 Å². The molecule has 1 N–H and O–H groups in total. The van der Waals surface area contributed by atoms with Crippen LogP contribution in [0.5, 0.6) is 0 Å². The van der Waals surface area contributed by atoms with Gasteiger partial charge in [-0.05, 0) is 36.3 Å². The Morgan fingerprint density at radius 1 is 1.40 bits per heavy atom. The van der Waals surface area contributed by atoms with Gasteiger partial charge >= 0.3 is 0 Å². The minimum absolute atomic E-state index is 0.112. The zero-order chi connectivity index (χ0) is 10.8. The van der Waals surface area contributed by atoms with Gasteiger partial charge in [0.05, 0.1) is 0 Å². The summed E-state index contributed by atoms with van der Waals surface area (Å²) in [6, 6.07) is 0. The molecule has 0 aliphatic heterocycles. The molecule has 1 aromatic rings. The van der Waals surface area contributed by atoms with Gasteiger partial charge in [-0.3, -0.25) is 0 Å². The predicted molar refractivity (Wildman–Crippen MR) is 60.2 cm³/mol. The zero-order valence-corrected chi connectivity index (χ0v) is 9.89. The van der Waals surface area contributed by atoms with E-state index in [2.05, 4.69) is 27.4 Å². The lowest BCUT2D eigenvalue weighted by Crippen LogP contribution is -2.14. The third kappa shape index (κ3) is 2.92. The van der Waals surface area contributed by atoms with Crippen molar-refractivity contribution in [2.75, 3.05) is 11.9 Å². The van der Waals surface area contributed by atoms with E-state index >= 15 is 0 Å². The van der Waals surface area contributed by atoms with Gasteiger partial charge in [-0.1, -0.05) is 18.5 Å². The SMILES string of the molecule is CC(CNc1nc(Cl)nnc1Cl)C1CC1. The van der Waals surface area contributed by atoms with E-state index in [1.54, 1.807) is 0 Å². The van der Waals surface area contributed by atoms with Gasteiger partial charge in [-0.25, -0.2) is 0 Å². The van der Waals surface area contributed by atoms with Crippen molar-refractivity contribution in [2.24, 2.45) is 11.8 Å². The fraction of sp³-hybridized carbons (Fsp3) is 0.667. The van der Waals surface area contributed by atoms with Crippen molar-refractivity contribution in [1.29, 1.82) is 0 Å². The monoisotopic (exact) mass is 246 g/mol. The van der Waals surface area contributed by atoms with E-state index in [0.29, 0.717) is 11.7 Å². The quantitative estimate of drug-likeness (QED) is 0.888. The van der Waals surface area contributed by atoms with Gasteiger partial charge in [-0.15, -0.1) is 10.2 Å². The minimum Gasteiger partial charge on any atom is -0.367 e. The molecule has 1 unspecified atom stereocenters. The normalized spacial score (nSPS) is 17.5. The van der Waals surface area contributed by atoms with E-state index in [0.717, 1.165) is 12.5 Å². The highest BCUT2D eigenvalue weighted by Gasteiger charge is 2.27. The molecule has 0 radical (unpaired) electrons. The van der Waals surface area contributed by atoms with Crippen molar-refractivity contribution in [3.63, 3.8) is 0 Å². The number of rotatable bonds is 4. The second kappa shape index (κ2) is 4.49. The molecule has 2 rings (SSSR count). The molecule has 82 valence electrons. The molecule has 1 heterocycles. The van der Waals surface area contributed by atoms with E-state index < -0.39 is 0 Å². The molecule has 1 aromatic heterocycles. The molecule has 15 heavy (non-hydrogen) atoms. The first-order chi connectivity index (χ1) is 7.16. The first-order valence-corrected chi connectivity index (χ1v) is 5.72. The summed E-state index contributed by atoms with van der Waals surface area (Å²) >= 11 is 11.4. The Balaban J connectivity index is 1.94. The van der Waals surface area contributed by atoms with Gasteiger partial charge in [0.1, 0.15) is 0 Å². The van der Waals surface area contributed by atoms with Crippen LogP contribution in [0.15, 0.2) is 0 Å². The molecule has 4 nitrogen and oxygen atoms in total. The van der Waals surface area contributed by atoms with E-state index in [4.69, 9.17) is 23.2 Å². The van der Waals surface area contributed by atoms with Gasteiger partial charge in [0.25, 0.3) is 0 Å². The van der Waals surface area contributed by atoms with Crippen molar-refractivity contribution >= 4 is 29.0 Å². The Hall–Kier alpha value is -0.610. The predicted octanol–water partition coefficient (Wildman–Crippen LogP) is 2.64. The smallest absolute Gasteiger partial charge is 0.245 e. The molecule has 0 bridgehead atoms. The fourth-order valence-electron chi connectivity index (χ4n) is 1.50. The number of hydrogen-bond acceptors (Lipinski definition) is 4. The third-order valence-corrected chi connectivity index (χ3v) is 3.05. The molecule has 1 fully saturated rings. The van der Waals surface area contributed by atoms with Crippen LogP contribution in [0.1, 0.15) is 19.8 Å². The van der Waals surface area contributed by atoms with Crippen LogP contribution < -0.4 is 5.32 Å². The number of nitrogens with zero attached hydrogens (tertiary/aromatic N) is 3. The Bertz CT molecular complexity index is 354. The maximum Gasteiger partial charge on any atom is 0.245 e. The molecule has 1 atom stereocenters. The van der Waals surface area contributed by atoms with Gasteiger partial charge in [-0.2, -0.15) is 4.98 Å². The van der Waals surface area contributed by atoms with Crippen molar-refractivity contribution in [2.45, 2.75) is 19.8 Å². The van der Waals surface area contributed by atoms with Crippen molar-refractivity contribution in [3.05, 3.63) is 10.4 Å². The molecule has 0 aromatic carbocycles. The molecule has 0 saturated heterocycles. The lowest BCUT2D eigenvalue weighted by Gasteiger charge is -2.11. The van der Waals surface area contributed by atoms with Crippen LogP contribution in [0, 0.1) is 11.8 Å². The van der Waals surface area contributed by atoms with Gasteiger partial charge < -0.3 is 5.32 Å². The van der Waals surface area contributed by atoms with Crippen LogP contribution in [0.2, 0.25) is 10.4 Å². The molecular formula is C9H12Cl2N4. The van der Waals surface area contributed by atoms with Crippen LogP contribution in [-0.4, -0.2) is 21.7 Å². The van der Waals surface area contributed by atoms with Crippen LogP contribution >= 0.6 is 23.2 Å². The molecular weight excluding hydrogens is 235 g/mol. The zero-order valence-electron chi connectivity index (χ0n) is 8.37. The first-order valence-electron chi connectivity index (χ1n) is 4.96. The van der Waals surface area contributed by atoms with Crippen molar-refractivity contribution < 1.29 is 0 Å². The van der Waals surface area contributed by atoms with E-state index in [-0.39, 0.29) is 10.4 Å². The summed E-state index contributed by atoms with van der Waals surface area (Å²) in [4.78, 5) is 3.97. The maximum atomic E-state index is 5.82. The molecule has 1 aliphatic carbocycles. The molecule has 1 saturated carbocycles. The average Bonchev–Trinajstić information content (AvgIpc) is 3.02. The molecule has 1 aliphatic rings. The lowest BCUT2D eigenvalue weighted by molar-refractivity contribution is 0.535. The number of anilines is 1. The Kier molecular flexibility index (Phi) is 3.26. The summed E-state index contributed by atoms with van der Waals surface area (Å²) in [6.07, 6.45) is 2.67. The second-order valence-corrected chi connectivity index (χ2v) is 4.61. The third-order valence-electron chi connectivity index (χ3n) is 2.64. The summed E-state index contributed by atoms with van der Waals surface area (Å²) in [5.41, 5.74) is 0. The highest BCUT2D eigenvalue weighted by molar-refractivity contribution is 6.32. The van der Waals surface area contributed by atoms with Crippen LogP contribution in [0.3, 0.4) is 0 Å². The topological polar surface area (TPSA) is 50.7 Å². The van der Waals surface area contributed by atoms with Gasteiger partial charge in [0.2, 0.25) is 5.28 Å². The lowest BCUT2D eigenvalue weighted by atomic mass is 10.1. The van der Waals surface area contributed by atoms with Gasteiger partial charge in [0, 0.05) is 6.54 Å². The highest BCUT2D eigenvalue weighted by atomic mass is 35.5. The summed E-state index contributed by atoms with van der Waals surface area (Å²) in [5, 5.41) is 10.7. The standard InChI is InChI=1S/C9H12Cl2N4/c1-5(6-2-3-6)4-12-8-7(10)14-15-9(11)13-8/h5-6H,2-4H2,1H3,(H,12,13,15). The number of aromatic nitrogens is 3. The second-order valence-electron chi connectivity index (χ2n) is 3.92. The largest absolute Gasteiger partial charge is 0.367 e. The van der Waals surface area contributed by atoms with E-state index in [1.807, 2.05) is 0 Å². The Morgan fingerprint density at radius 2 is 2.13 bits per heavy atom. The summed E-state index contributed by atoms with van der Waals surface area (Å²) in [6.45, 7) is 3.06. The van der Waals surface area contributed by atoms with Crippen LogP contribution in [-0.2, 0) is 0 Å². The highest BCUT2D eigenvalue weighted by Crippen LogP contribution is 2.36. The van der Waals surface area contributed by atoms with E-state index in [9.17, 15) is 0 Å². The minimum atomic E-state index is 0.112. The Morgan fingerprint density at radius 3 is 2.80 bits per heavy atom. The van der Waals surface area contributed by atoms with Crippen LogP contribution in [0.25, 0.3) is 0 Å². The molecule has 0 amide bonds. The van der Waals surface area contributed by atoms with Crippen molar-refractivity contribution in [1.82, 2.24) is 15.2 Å². The fourth-order valence-corrected chi connectivity index (χ4v) is 1.76. The Labute approximate surface area is 98.4 Å². The maximum absolute atomic E-state index is 5.82. The summed E-state index contributed by atoms with van der Waals surface area (Å²) < 4.78 is 0. The van der Waals surface area contributed by atoms with E-state index in [1.165, 1.54) is 12.8 Å². The number of halogens is 2. The summed E-state index contributed by atoms with van der Waals surface area (Å²) in [7, 11) is 0. The number of hydrogen-bond donors (Lipinski definition) is 1. The summed E-state index contributed by atoms with van der Waals surface area (Å²) in [5.74, 6) is 2.00. The van der Waals surface area contributed by atoms with Gasteiger partial charge in [0.15, 0.2) is 11.0 Å². The average molecular weight is 247 g/mol. The number of nitrogens with one attached hydrogen (secondary N) is 1. The first kappa shape index (κ1) is 10.9. The molecule has 0 spiro atoms. The molecule has 6 heteroatoms.